The summed E-state index contributed by atoms with van der Waals surface area (Å²) in [6.07, 6.45) is 1.13. The van der Waals surface area contributed by atoms with Crippen LogP contribution < -0.4 is 10.6 Å². The van der Waals surface area contributed by atoms with Crippen LogP contribution in [0.15, 0.2) is 53.5 Å². The van der Waals surface area contributed by atoms with Gasteiger partial charge in [-0.15, -0.1) is 0 Å². The van der Waals surface area contributed by atoms with E-state index in [9.17, 15) is 18.4 Å². The fourth-order valence-corrected chi connectivity index (χ4v) is 3.66. The van der Waals surface area contributed by atoms with E-state index in [1.165, 1.54) is 0 Å². The summed E-state index contributed by atoms with van der Waals surface area (Å²) >= 11 is 0. The molecule has 4 rings (SSSR count). The molecule has 2 aliphatic rings. The molecule has 0 radical (unpaired) electrons. The van der Waals surface area contributed by atoms with E-state index < -0.39 is 23.2 Å². The number of carbonyl (C=O) groups is 2. The largest absolute Gasteiger partial charge is 0.326 e. The molecule has 6 nitrogen and oxygen atoms in total. The number of hydrogen-bond donors (Lipinski definition) is 2. The first-order valence-corrected chi connectivity index (χ1v) is 9.39. The van der Waals surface area contributed by atoms with Gasteiger partial charge in [0.2, 0.25) is 5.91 Å². The standard InChI is InChI=1S/C21H20F2N4O2/c22-15-6-7-16(23)17(12-15)24-18(28)13-27-10-8-21(9-11-27)25-19(20(29)26-21)14-4-2-1-3-5-14/h1-7,12H,8-11,13H2,(H,24,28)(H,26,29). The minimum atomic E-state index is -0.686. The SMILES string of the molecule is O=C(CN1CCC2(CC1)N=C(c1ccccc1)C(=O)N2)Nc1cc(F)ccc1F. The van der Waals surface area contributed by atoms with E-state index >= 15 is 0 Å². The van der Waals surface area contributed by atoms with Crippen LogP contribution in [0.25, 0.3) is 0 Å². The van der Waals surface area contributed by atoms with Gasteiger partial charge in [0, 0.05) is 37.6 Å². The summed E-state index contributed by atoms with van der Waals surface area (Å²) in [4.78, 5) is 31.2. The zero-order valence-corrected chi connectivity index (χ0v) is 15.6. The number of nitrogens with zero attached hydrogens (tertiary/aromatic N) is 2. The number of nitrogens with one attached hydrogen (secondary N) is 2. The Morgan fingerprint density at radius 3 is 2.59 bits per heavy atom. The fraction of sp³-hybridized carbons (Fsp3) is 0.286. The predicted octanol–water partition coefficient (Wildman–Crippen LogP) is 2.31. The van der Waals surface area contributed by atoms with E-state index in [0.29, 0.717) is 31.6 Å². The van der Waals surface area contributed by atoms with Crippen LogP contribution in [0.2, 0.25) is 0 Å². The molecule has 1 spiro atoms. The molecule has 1 saturated heterocycles. The maximum atomic E-state index is 13.7. The van der Waals surface area contributed by atoms with Crippen molar-refractivity contribution in [2.75, 3.05) is 25.0 Å². The maximum absolute atomic E-state index is 13.7. The van der Waals surface area contributed by atoms with Gasteiger partial charge in [-0.3, -0.25) is 19.5 Å². The van der Waals surface area contributed by atoms with Crippen LogP contribution in [0.4, 0.5) is 14.5 Å². The number of likely N-dealkylation sites (tertiary alicyclic amines) is 1. The third-order valence-electron chi connectivity index (χ3n) is 5.19. The van der Waals surface area contributed by atoms with Crippen LogP contribution in [0, 0.1) is 11.6 Å². The molecule has 0 saturated carbocycles. The quantitative estimate of drug-likeness (QED) is 0.830. The second-order valence-electron chi connectivity index (χ2n) is 7.26. The topological polar surface area (TPSA) is 73.8 Å². The number of halogens is 2. The molecule has 0 aromatic heterocycles. The van der Waals surface area contributed by atoms with Gasteiger partial charge in [-0.25, -0.2) is 8.78 Å². The van der Waals surface area contributed by atoms with Gasteiger partial charge in [0.05, 0.1) is 12.2 Å². The second-order valence-corrected chi connectivity index (χ2v) is 7.26. The van der Waals surface area contributed by atoms with Crippen LogP contribution in [-0.2, 0) is 9.59 Å². The van der Waals surface area contributed by atoms with Crippen molar-refractivity contribution >= 4 is 23.2 Å². The van der Waals surface area contributed by atoms with Crippen LogP contribution >= 0.6 is 0 Å². The van der Waals surface area contributed by atoms with Crippen molar-refractivity contribution in [3.05, 3.63) is 65.7 Å². The Morgan fingerprint density at radius 2 is 1.86 bits per heavy atom. The molecule has 8 heteroatoms. The number of benzene rings is 2. The van der Waals surface area contributed by atoms with Crippen molar-refractivity contribution in [3.8, 4) is 0 Å². The third kappa shape index (κ3) is 4.17. The van der Waals surface area contributed by atoms with E-state index in [1.54, 1.807) is 0 Å². The van der Waals surface area contributed by atoms with Crippen molar-refractivity contribution < 1.29 is 18.4 Å². The molecule has 0 aliphatic carbocycles. The van der Waals surface area contributed by atoms with Crippen molar-refractivity contribution in [2.45, 2.75) is 18.5 Å². The number of amides is 2. The summed E-state index contributed by atoms with van der Waals surface area (Å²) < 4.78 is 26.9. The molecule has 1 fully saturated rings. The summed E-state index contributed by atoms with van der Waals surface area (Å²) in [7, 11) is 0. The first kappa shape index (κ1) is 19.2. The minimum absolute atomic E-state index is 0.0508. The van der Waals surface area contributed by atoms with Crippen molar-refractivity contribution in [2.24, 2.45) is 4.99 Å². The molecular weight excluding hydrogens is 378 g/mol. The molecule has 0 bridgehead atoms. The second kappa shape index (κ2) is 7.71. The number of aliphatic imine (C=N–C) groups is 1. The fourth-order valence-electron chi connectivity index (χ4n) is 3.66. The Balaban J connectivity index is 1.36. The van der Waals surface area contributed by atoms with Crippen molar-refractivity contribution in [1.82, 2.24) is 10.2 Å². The Labute approximate surface area is 166 Å². The van der Waals surface area contributed by atoms with Crippen LogP contribution in [0.3, 0.4) is 0 Å². The van der Waals surface area contributed by atoms with Gasteiger partial charge >= 0.3 is 0 Å². The normalized spacial score (nSPS) is 18.4. The minimum Gasteiger partial charge on any atom is -0.326 e. The number of anilines is 1. The van der Waals surface area contributed by atoms with Crippen LogP contribution in [-0.4, -0.2) is 47.7 Å². The number of rotatable bonds is 4. The third-order valence-corrected chi connectivity index (χ3v) is 5.19. The lowest BCUT2D eigenvalue weighted by molar-refractivity contribution is -0.119. The molecule has 2 amide bonds. The molecule has 2 aliphatic heterocycles. The average Bonchev–Trinajstić information content (AvgIpc) is 3.03. The summed E-state index contributed by atoms with van der Waals surface area (Å²) in [6, 6.07) is 12.2. The Hall–Kier alpha value is -3.13. The van der Waals surface area contributed by atoms with Crippen molar-refractivity contribution in [3.63, 3.8) is 0 Å². The molecule has 150 valence electrons. The Kier molecular flexibility index (Phi) is 5.10. The first-order valence-electron chi connectivity index (χ1n) is 9.39. The highest BCUT2D eigenvalue weighted by Gasteiger charge is 2.42. The van der Waals surface area contributed by atoms with E-state index in [0.717, 1.165) is 23.8 Å². The molecule has 0 atom stereocenters. The van der Waals surface area contributed by atoms with E-state index in [4.69, 9.17) is 0 Å². The first-order chi connectivity index (χ1) is 13.9. The molecule has 2 N–H and O–H groups in total. The zero-order valence-electron chi connectivity index (χ0n) is 15.6. The number of hydrogen-bond acceptors (Lipinski definition) is 4. The summed E-state index contributed by atoms with van der Waals surface area (Å²) in [6.45, 7) is 1.14. The lowest BCUT2D eigenvalue weighted by Crippen LogP contribution is -2.52. The van der Waals surface area contributed by atoms with E-state index in [-0.39, 0.29) is 18.1 Å². The molecular formula is C21H20F2N4O2. The van der Waals surface area contributed by atoms with Crippen LogP contribution in [0.5, 0.6) is 0 Å². The van der Waals surface area contributed by atoms with Gasteiger partial charge in [0.25, 0.3) is 5.91 Å². The van der Waals surface area contributed by atoms with Gasteiger partial charge in [0.15, 0.2) is 0 Å². The monoisotopic (exact) mass is 398 g/mol. The van der Waals surface area contributed by atoms with E-state index in [2.05, 4.69) is 15.6 Å². The van der Waals surface area contributed by atoms with Gasteiger partial charge in [0.1, 0.15) is 23.0 Å². The smallest absolute Gasteiger partial charge is 0.272 e. The highest BCUT2D eigenvalue weighted by molar-refractivity contribution is 6.46. The Morgan fingerprint density at radius 1 is 1.14 bits per heavy atom. The lowest BCUT2D eigenvalue weighted by atomic mass is 9.98. The highest BCUT2D eigenvalue weighted by atomic mass is 19.1. The molecule has 2 heterocycles. The van der Waals surface area contributed by atoms with Crippen molar-refractivity contribution in [1.29, 1.82) is 0 Å². The lowest BCUT2D eigenvalue weighted by Gasteiger charge is -2.36. The Bertz CT molecular complexity index is 970. The van der Waals surface area contributed by atoms with Crippen LogP contribution in [0.1, 0.15) is 18.4 Å². The predicted molar refractivity (Wildman–Crippen MR) is 105 cm³/mol. The summed E-state index contributed by atoms with van der Waals surface area (Å²) in [5.41, 5.74) is 0.381. The van der Waals surface area contributed by atoms with Gasteiger partial charge < -0.3 is 10.6 Å². The molecule has 2 aromatic carbocycles. The van der Waals surface area contributed by atoms with Gasteiger partial charge in [-0.05, 0) is 12.1 Å². The summed E-state index contributed by atoms with van der Waals surface area (Å²) in [5, 5.41) is 5.39. The van der Waals surface area contributed by atoms with Gasteiger partial charge in [-0.1, -0.05) is 30.3 Å². The number of piperidine rings is 1. The molecule has 29 heavy (non-hydrogen) atoms. The van der Waals surface area contributed by atoms with E-state index in [1.807, 2.05) is 35.2 Å². The molecule has 0 unspecified atom stereocenters. The van der Waals surface area contributed by atoms with Gasteiger partial charge in [-0.2, -0.15) is 0 Å². The number of carbonyl (C=O) groups excluding carboxylic acids is 2. The molecule has 2 aromatic rings. The maximum Gasteiger partial charge on any atom is 0.272 e. The summed E-state index contributed by atoms with van der Waals surface area (Å²) in [5.74, 6) is -1.92. The highest BCUT2D eigenvalue weighted by Crippen LogP contribution is 2.28. The average molecular weight is 398 g/mol. The zero-order chi connectivity index (χ0) is 20.4.